The van der Waals surface area contributed by atoms with Gasteiger partial charge in [-0.1, -0.05) is 6.92 Å². The standard InChI is InChI=1S/C9H14N2/c1-3-9-8(7-4-5-7)6-10-11(9)2/h6-7H,3-5H2,1-2H3. The lowest BCUT2D eigenvalue weighted by Crippen LogP contribution is -1.97. The van der Waals surface area contributed by atoms with Gasteiger partial charge in [-0.05, 0) is 30.7 Å². The van der Waals surface area contributed by atoms with Crippen LogP contribution in [0.5, 0.6) is 0 Å². The van der Waals surface area contributed by atoms with Crippen molar-refractivity contribution in [1.29, 1.82) is 0 Å². The number of rotatable bonds is 2. The Morgan fingerprint density at radius 1 is 1.64 bits per heavy atom. The summed E-state index contributed by atoms with van der Waals surface area (Å²) in [5.74, 6) is 0.846. The minimum atomic E-state index is 0.846. The molecule has 2 nitrogen and oxygen atoms in total. The van der Waals surface area contributed by atoms with E-state index in [1.807, 2.05) is 17.9 Å². The van der Waals surface area contributed by atoms with Crippen LogP contribution in [-0.2, 0) is 13.5 Å². The molecule has 0 saturated heterocycles. The van der Waals surface area contributed by atoms with Crippen molar-refractivity contribution < 1.29 is 0 Å². The zero-order valence-electron chi connectivity index (χ0n) is 7.17. The highest BCUT2D eigenvalue weighted by Crippen LogP contribution is 2.41. The summed E-state index contributed by atoms with van der Waals surface area (Å²) in [6.07, 6.45) is 5.90. The Labute approximate surface area is 67.2 Å². The number of aromatic nitrogens is 2. The van der Waals surface area contributed by atoms with Crippen molar-refractivity contribution in [2.45, 2.75) is 32.1 Å². The quantitative estimate of drug-likeness (QED) is 0.629. The zero-order valence-corrected chi connectivity index (χ0v) is 7.17. The summed E-state index contributed by atoms with van der Waals surface area (Å²) in [6.45, 7) is 2.20. The second-order valence-electron chi connectivity index (χ2n) is 3.30. The van der Waals surface area contributed by atoms with Gasteiger partial charge in [0.1, 0.15) is 0 Å². The minimum absolute atomic E-state index is 0.846. The fraction of sp³-hybridized carbons (Fsp3) is 0.667. The highest BCUT2D eigenvalue weighted by Gasteiger charge is 2.27. The van der Waals surface area contributed by atoms with Crippen LogP contribution in [0.25, 0.3) is 0 Å². The van der Waals surface area contributed by atoms with Gasteiger partial charge in [0, 0.05) is 12.7 Å². The molecule has 0 atom stereocenters. The number of hydrogen-bond donors (Lipinski definition) is 0. The van der Waals surface area contributed by atoms with Gasteiger partial charge in [-0.2, -0.15) is 5.10 Å². The van der Waals surface area contributed by atoms with Crippen molar-refractivity contribution in [2.24, 2.45) is 7.05 Å². The molecule has 0 spiro atoms. The zero-order chi connectivity index (χ0) is 7.84. The van der Waals surface area contributed by atoms with Gasteiger partial charge in [0.25, 0.3) is 0 Å². The molecular formula is C9H14N2. The Balaban J connectivity index is 2.36. The van der Waals surface area contributed by atoms with Crippen molar-refractivity contribution in [3.8, 4) is 0 Å². The van der Waals surface area contributed by atoms with E-state index in [0.717, 1.165) is 12.3 Å². The van der Waals surface area contributed by atoms with E-state index in [1.165, 1.54) is 24.1 Å². The van der Waals surface area contributed by atoms with Crippen LogP contribution in [0.2, 0.25) is 0 Å². The number of hydrogen-bond acceptors (Lipinski definition) is 1. The van der Waals surface area contributed by atoms with Crippen LogP contribution in [0.1, 0.15) is 36.9 Å². The Kier molecular flexibility index (Phi) is 1.48. The predicted molar refractivity (Wildman–Crippen MR) is 44.6 cm³/mol. The van der Waals surface area contributed by atoms with Crippen LogP contribution in [-0.4, -0.2) is 9.78 Å². The third-order valence-corrected chi connectivity index (χ3v) is 2.45. The first-order valence-electron chi connectivity index (χ1n) is 4.33. The van der Waals surface area contributed by atoms with E-state index in [0.29, 0.717) is 0 Å². The molecule has 0 radical (unpaired) electrons. The largest absolute Gasteiger partial charge is 0.272 e. The van der Waals surface area contributed by atoms with E-state index in [-0.39, 0.29) is 0 Å². The summed E-state index contributed by atoms with van der Waals surface area (Å²) >= 11 is 0. The molecule has 0 bridgehead atoms. The van der Waals surface area contributed by atoms with E-state index in [1.54, 1.807) is 0 Å². The Hall–Kier alpha value is -0.790. The molecule has 11 heavy (non-hydrogen) atoms. The molecule has 0 aromatic carbocycles. The molecule has 0 N–H and O–H groups in total. The van der Waals surface area contributed by atoms with Gasteiger partial charge in [-0.3, -0.25) is 4.68 Å². The molecule has 0 amide bonds. The van der Waals surface area contributed by atoms with Crippen LogP contribution in [0.15, 0.2) is 6.20 Å². The topological polar surface area (TPSA) is 17.8 Å². The summed E-state index contributed by atoms with van der Waals surface area (Å²) in [5.41, 5.74) is 2.92. The van der Waals surface area contributed by atoms with Gasteiger partial charge in [0.15, 0.2) is 0 Å². The van der Waals surface area contributed by atoms with E-state index >= 15 is 0 Å². The van der Waals surface area contributed by atoms with Gasteiger partial charge in [-0.15, -0.1) is 0 Å². The fourth-order valence-corrected chi connectivity index (χ4v) is 1.65. The van der Waals surface area contributed by atoms with Crippen molar-refractivity contribution in [3.05, 3.63) is 17.5 Å². The smallest absolute Gasteiger partial charge is 0.0527 e. The van der Waals surface area contributed by atoms with Crippen LogP contribution in [0.3, 0.4) is 0 Å². The Bertz CT molecular complexity index is 259. The van der Waals surface area contributed by atoms with Crippen molar-refractivity contribution in [2.75, 3.05) is 0 Å². The summed E-state index contributed by atoms with van der Waals surface area (Å²) < 4.78 is 2.01. The maximum absolute atomic E-state index is 4.27. The second kappa shape index (κ2) is 2.36. The lowest BCUT2D eigenvalue weighted by molar-refractivity contribution is 0.714. The molecule has 60 valence electrons. The van der Waals surface area contributed by atoms with E-state index < -0.39 is 0 Å². The van der Waals surface area contributed by atoms with Crippen LogP contribution in [0.4, 0.5) is 0 Å². The van der Waals surface area contributed by atoms with Gasteiger partial charge in [0.05, 0.1) is 6.20 Å². The first-order chi connectivity index (χ1) is 5.33. The maximum atomic E-state index is 4.27. The highest BCUT2D eigenvalue weighted by atomic mass is 15.3. The Morgan fingerprint density at radius 3 is 2.91 bits per heavy atom. The van der Waals surface area contributed by atoms with E-state index in [2.05, 4.69) is 12.0 Å². The van der Waals surface area contributed by atoms with Crippen LogP contribution < -0.4 is 0 Å². The first kappa shape index (κ1) is 6.89. The molecular weight excluding hydrogens is 136 g/mol. The van der Waals surface area contributed by atoms with Crippen LogP contribution in [0, 0.1) is 0 Å². The van der Waals surface area contributed by atoms with E-state index in [4.69, 9.17) is 0 Å². The van der Waals surface area contributed by atoms with Gasteiger partial charge in [-0.25, -0.2) is 0 Å². The van der Waals surface area contributed by atoms with Crippen LogP contribution >= 0.6 is 0 Å². The second-order valence-corrected chi connectivity index (χ2v) is 3.30. The molecule has 2 heteroatoms. The van der Waals surface area contributed by atoms with Gasteiger partial charge >= 0.3 is 0 Å². The summed E-state index contributed by atoms with van der Waals surface area (Å²) in [5, 5.41) is 4.27. The monoisotopic (exact) mass is 150 g/mol. The maximum Gasteiger partial charge on any atom is 0.0527 e. The molecule has 1 aromatic heterocycles. The molecule has 1 aliphatic rings. The molecule has 1 aliphatic carbocycles. The lowest BCUT2D eigenvalue weighted by atomic mass is 10.1. The van der Waals surface area contributed by atoms with Crippen molar-refractivity contribution in [3.63, 3.8) is 0 Å². The highest BCUT2D eigenvalue weighted by molar-refractivity contribution is 5.26. The molecule has 1 heterocycles. The average Bonchev–Trinajstić information content (AvgIpc) is 2.76. The van der Waals surface area contributed by atoms with Gasteiger partial charge < -0.3 is 0 Å². The molecule has 0 unspecified atom stereocenters. The number of nitrogens with zero attached hydrogens (tertiary/aromatic N) is 2. The summed E-state index contributed by atoms with van der Waals surface area (Å²) in [6, 6.07) is 0. The summed E-state index contributed by atoms with van der Waals surface area (Å²) in [4.78, 5) is 0. The van der Waals surface area contributed by atoms with Crippen molar-refractivity contribution in [1.82, 2.24) is 9.78 Å². The molecule has 1 saturated carbocycles. The molecule has 2 rings (SSSR count). The first-order valence-corrected chi connectivity index (χ1v) is 4.33. The predicted octanol–water partition coefficient (Wildman–Crippen LogP) is 1.86. The SMILES string of the molecule is CCc1c(C2CC2)cnn1C. The van der Waals surface area contributed by atoms with Gasteiger partial charge in [0.2, 0.25) is 0 Å². The lowest BCUT2D eigenvalue weighted by Gasteiger charge is -1.99. The van der Waals surface area contributed by atoms with Crippen molar-refractivity contribution >= 4 is 0 Å². The third kappa shape index (κ3) is 1.06. The third-order valence-electron chi connectivity index (χ3n) is 2.45. The summed E-state index contributed by atoms with van der Waals surface area (Å²) in [7, 11) is 2.03. The molecule has 0 aliphatic heterocycles. The Morgan fingerprint density at radius 2 is 2.36 bits per heavy atom. The molecule has 1 fully saturated rings. The normalized spacial score (nSPS) is 17.3. The fourth-order valence-electron chi connectivity index (χ4n) is 1.65. The minimum Gasteiger partial charge on any atom is -0.272 e. The van der Waals surface area contributed by atoms with E-state index in [9.17, 15) is 0 Å². The average molecular weight is 150 g/mol. The molecule has 1 aromatic rings. The number of aryl methyl sites for hydroxylation is 1.